The van der Waals surface area contributed by atoms with Crippen LogP contribution in [0.25, 0.3) is 0 Å². The van der Waals surface area contributed by atoms with Gasteiger partial charge in [0, 0.05) is 17.4 Å². The van der Waals surface area contributed by atoms with Gasteiger partial charge in [-0.2, -0.15) is 0 Å². The molecule has 0 unspecified atom stereocenters. The van der Waals surface area contributed by atoms with Gasteiger partial charge < -0.3 is 19.8 Å². The molecule has 1 amide bonds. The van der Waals surface area contributed by atoms with Crippen LogP contribution >= 0.6 is 11.6 Å². The van der Waals surface area contributed by atoms with E-state index < -0.39 is 0 Å². The summed E-state index contributed by atoms with van der Waals surface area (Å²) in [5, 5.41) is 6.33. The van der Waals surface area contributed by atoms with Crippen LogP contribution in [0.15, 0.2) is 59.3 Å². The van der Waals surface area contributed by atoms with Crippen LogP contribution in [0, 0.1) is 0 Å². The molecule has 1 aromatic carbocycles. The predicted octanol–water partition coefficient (Wildman–Crippen LogP) is 4.20. The third kappa shape index (κ3) is 4.30. The molecule has 0 spiro atoms. The zero-order valence-electron chi connectivity index (χ0n) is 13.5. The molecule has 2 aromatic heterocycles. The summed E-state index contributed by atoms with van der Waals surface area (Å²) in [7, 11) is 1.54. The van der Waals surface area contributed by atoms with E-state index in [2.05, 4.69) is 15.6 Å². The van der Waals surface area contributed by atoms with Crippen LogP contribution in [0.2, 0.25) is 5.02 Å². The fourth-order valence-corrected chi connectivity index (χ4v) is 2.46. The minimum Gasteiger partial charge on any atom is -0.495 e. The zero-order valence-corrected chi connectivity index (χ0v) is 14.2. The first-order valence-corrected chi connectivity index (χ1v) is 7.90. The first kappa shape index (κ1) is 16.9. The van der Waals surface area contributed by atoms with Gasteiger partial charge in [0.1, 0.15) is 17.3 Å². The molecular formula is C18H16ClN3O3. The summed E-state index contributed by atoms with van der Waals surface area (Å²) < 4.78 is 10.3. The van der Waals surface area contributed by atoms with E-state index in [0.717, 1.165) is 5.76 Å². The number of anilines is 2. The van der Waals surface area contributed by atoms with Gasteiger partial charge in [0.25, 0.3) is 5.91 Å². The molecule has 128 valence electrons. The van der Waals surface area contributed by atoms with Crippen molar-refractivity contribution in [2.45, 2.75) is 6.54 Å². The second kappa shape index (κ2) is 7.72. The van der Waals surface area contributed by atoms with Crippen LogP contribution in [0.3, 0.4) is 0 Å². The molecule has 0 bridgehead atoms. The Hall–Kier alpha value is -2.99. The van der Waals surface area contributed by atoms with E-state index in [4.69, 9.17) is 20.8 Å². The number of ether oxygens (including phenoxy) is 1. The van der Waals surface area contributed by atoms with Crippen molar-refractivity contribution < 1.29 is 13.9 Å². The molecule has 6 nitrogen and oxygen atoms in total. The highest BCUT2D eigenvalue weighted by molar-refractivity contribution is 6.32. The van der Waals surface area contributed by atoms with Crippen molar-refractivity contribution in [1.29, 1.82) is 0 Å². The second-order valence-electron chi connectivity index (χ2n) is 5.17. The lowest BCUT2D eigenvalue weighted by Crippen LogP contribution is -2.12. The summed E-state index contributed by atoms with van der Waals surface area (Å²) in [6, 6.07) is 12.0. The molecule has 0 saturated carbocycles. The van der Waals surface area contributed by atoms with Crippen molar-refractivity contribution in [3.8, 4) is 5.75 Å². The maximum absolute atomic E-state index is 12.4. The van der Waals surface area contributed by atoms with E-state index in [-0.39, 0.29) is 5.91 Å². The molecule has 0 aliphatic carbocycles. The van der Waals surface area contributed by atoms with Crippen molar-refractivity contribution >= 4 is 29.0 Å². The van der Waals surface area contributed by atoms with Gasteiger partial charge in [0.05, 0.1) is 24.9 Å². The maximum atomic E-state index is 12.4. The number of nitrogens with zero attached hydrogens (tertiary/aromatic N) is 1. The summed E-state index contributed by atoms with van der Waals surface area (Å²) in [6.07, 6.45) is 3.18. The van der Waals surface area contributed by atoms with E-state index >= 15 is 0 Å². The fraction of sp³-hybridized carbons (Fsp3) is 0.111. The average Bonchev–Trinajstić information content (AvgIpc) is 3.14. The number of furan rings is 1. The minimum atomic E-state index is -0.260. The molecule has 0 radical (unpaired) electrons. The molecular weight excluding hydrogens is 342 g/mol. The van der Waals surface area contributed by atoms with Gasteiger partial charge in [-0.15, -0.1) is 0 Å². The highest BCUT2D eigenvalue weighted by Gasteiger charge is 2.09. The van der Waals surface area contributed by atoms with Crippen molar-refractivity contribution in [3.05, 3.63) is 71.3 Å². The Morgan fingerprint density at radius 2 is 2.16 bits per heavy atom. The molecule has 0 saturated heterocycles. The van der Waals surface area contributed by atoms with Crippen molar-refractivity contribution in [1.82, 2.24) is 4.98 Å². The van der Waals surface area contributed by atoms with E-state index in [1.165, 1.54) is 7.11 Å². The monoisotopic (exact) mass is 357 g/mol. The third-order valence-corrected chi connectivity index (χ3v) is 3.75. The molecule has 0 fully saturated rings. The molecule has 25 heavy (non-hydrogen) atoms. The quantitative estimate of drug-likeness (QED) is 0.691. The van der Waals surface area contributed by atoms with Crippen LogP contribution in [0.5, 0.6) is 5.75 Å². The Labute approximate surface area is 149 Å². The zero-order chi connectivity index (χ0) is 17.6. The van der Waals surface area contributed by atoms with Crippen LogP contribution in [-0.4, -0.2) is 18.0 Å². The smallest absolute Gasteiger partial charge is 0.255 e. The Morgan fingerprint density at radius 1 is 1.28 bits per heavy atom. The second-order valence-corrected chi connectivity index (χ2v) is 5.57. The lowest BCUT2D eigenvalue weighted by molar-refractivity contribution is 0.102. The number of methoxy groups -OCH3 is 1. The Kier molecular flexibility index (Phi) is 5.20. The lowest BCUT2D eigenvalue weighted by atomic mass is 10.2. The summed E-state index contributed by atoms with van der Waals surface area (Å²) >= 11 is 6.07. The highest BCUT2D eigenvalue weighted by atomic mass is 35.5. The summed E-state index contributed by atoms with van der Waals surface area (Å²) in [5.74, 6) is 1.65. The summed E-state index contributed by atoms with van der Waals surface area (Å²) in [5.41, 5.74) is 1.06. The third-order valence-electron chi connectivity index (χ3n) is 3.46. The number of nitrogens with one attached hydrogen (secondary N) is 2. The molecule has 2 heterocycles. The van der Waals surface area contributed by atoms with E-state index in [9.17, 15) is 4.79 Å². The molecule has 7 heteroatoms. The summed E-state index contributed by atoms with van der Waals surface area (Å²) in [6.45, 7) is 0.485. The average molecular weight is 358 g/mol. The van der Waals surface area contributed by atoms with Gasteiger partial charge in [-0.25, -0.2) is 4.98 Å². The number of carbonyl (C=O) groups excluding carboxylic acids is 1. The lowest BCUT2D eigenvalue weighted by Gasteiger charge is -2.09. The van der Waals surface area contributed by atoms with Crippen molar-refractivity contribution in [2.75, 3.05) is 17.7 Å². The molecule has 0 aliphatic rings. The molecule has 3 rings (SSSR count). The van der Waals surface area contributed by atoms with Crippen LogP contribution in [-0.2, 0) is 6.54 Å². The Bertz CT molecular complexity index is 866. The maximum Gasteiger partial charge on any atom is 0.255 e. The van der Waals surface area contributed by atoms with Gasteiger partial charge in [-0.1, -0.05) is 11.6 Å². The largest absolute Gasteiger partial charge is 0.495 e. The van der Waals surface area contributed by atoms with Gasteiger partial charge in [0.2, 0.25) is 0 Å². The normalized spacial score (nSPS) is 10.3. The number of pyridine rings is 1. The van der Waals surface area contributed by atoms with Crippen LogP contribution < -0.4 is 15.4 Å². The van der Waals surface area contributed by atoms with Crippen LogP contribution in [0.4, 0.5) is 11.5 Å². The van der Waals surface area contributed by atoms with Gasteiger partial charge >= 0.3 is 0 Å². The number of aromatic nitrogens is 1. The van der Waals surface area contributed by atoms with Crippen molar-refractivity contribution in [3.63, 3.8) is 0 Å². The molecule has 2 N–H and O–H groups in total. The van der Waals surface area contributed by atoms with Gasteiger partial charge in [0.15, 0.2) is 0 Å². The first-order chi connectivity index (χ1) is 12.2. The van der Waals surface area contributed by atoms with E-state index in [1.807, 2.05) is 12.1 Å². The number of benzene rings is 1. The van der Waals surface area contributed by atoms with Gasteiger partial charge in [-0.05, 0) is 42.5 Å². The molecule has 0 aliphatic heterocycles. The van der Waals surface area contributed by atoms with Gasteiger partial charge in [-0.3, -0.25) is 4.79 Å². The van der Waals surface area contributed by atoms with E-state index in [0.29, 0.717) is 34.4 Å². The molecule has 3 aromatic rings. The fourth-order valence-electron chi connectivity index (χ4n) is 2.21. The Balaban J connectivity index is 1.67. The highest BCUT2D eigenvalue weighted by Crippen LogP contribution is 2.27. The van der Waals surface area contributed by atoms with Crippen LogP contribution in [0.1, 0.15) is 16.1 Å². The predicted molar refractivity (Wildman–Crippen MR) is 96.2 cm³/mol. The first-order valence-electron chi connectivity index (χ1n) is 7.53. The number of amides is 1. The number of rotatable bonds is 6. The molecule has 0 atom stereocenters. The number of hydrogen-bond donors (Lipinski definition) is 2. The number of carbonyl (C=O) groups is 1. The Morgan fingerprint density at radius 3 is 2.88 bits per heavy atom. The minimum absolute atomic E-state index is 0.260. The summed E-state index contributed by atoms with van der Waals surface area (Å²) in [4.78, 5) is 16.6. The standard InChI is InChI=1S/C18H16ClN3O3/c1-24-16-5-4-13(10-15(16)19)22-18(23)12-6-7-20-17(9-12)21-11-14-3-2-8-25-14/h2-10H,11H2,1H3,(H,20,21)(H,22,23). The topological polar surface area (TPSA) is 76.4 Å². The number of halogens is 1. The number of hydrogen-bond acceptors (Lipinski definition) is 5. The van der Waals surface area contributed by atoms with E-state index in [1.54, 1.807) is 42.8 Å². The SMILES string of the molecule is COc1ccc(NC(=O)c2ccnc(NCc3ccco3)c2)cc1Cl. The van der Waals surface area contributed by atoms with Crippen molar-refractivity contribution in [2.24, 2.45) is 0 Å².